The molecule has 0 aromatic heterocycles. The minimum atomic E-state index is 0.915. The molecule has 0 aromatic carbocycles. The molecule has 0 rings (SSSR count). The maximum Gasteiger partial charge on any atom is -0.0348 e. The first kappa shape index (κ1) is 17.7. The molecule has 0 aliphatic carbocycles. The zero-order valence-electron chi connectivity index (χ0n) is 13.4. The van der Waals surface area contributed by atoms with Crippen LogP contribution in [0.1, 0.15) is 91.9 Å². The molecule has 2 unspecified atom stereocenters. The van der Waals surface area contributed by atoms with E-state index in [0.29, 0.717) is 0 Å². The van der Waals surface area contributed by atoms with E-state index >= 15 is 0 Å². The van der Waals surface area contributed by atoms with Crippen molar-refractivity contribution >= 4 is 0 Å². The molecule has 0 aliphatic rings. The highest BCUT2D eigenvalue weighted by atomic mass is 14.1. The van der Waals surface area contributed by atoms with Gasteiger partial charge in [-0.15, -0.1) is 0 Å². The summed E-state index contributed by atoms with van der Waals surface area (Å²) < 4.78 is 0. The van der Waals surface area contributed by atoms with E-state index < -0.39 is 0 Å². The van der Waals surface area contributed by atoms with E-state index in [1.54, 1.807) is 0 Å². The lowest BCUT2D eigenvalue weighted by Gasteiger charge is -2.09. The fraction of sp³-hybridized carbons (Fsp3) is 0.889. The third kappa shape index (κ3) is 12.2. The van der Waals surface area contributed by atoms with Crippen molar-refractivity contribution in [2.75, 3.05) is 0 Å². The van der Waals surface area contributed by atoms with Crippen LogP contribution in [0.2, 0.25) is 0 Å². The van der Waals surface area contributed by atoms with Crippen molar-refractivity contribution in [3.05, 3.63) is 12.2 Å². The zero-order valence-corrected chi connectivity index (χ0v) is 13.4. The van der Waals surface area contributed by atoms with Gasteiger partial charge in [-0.3, -0.25) is 0 Å². The SMILES string of the molecule is CCCCC(C)CC/C=C/CCC(C)CCCC. The summed E-state index contributed by atoms with van der Waals surface area (Å²) in [5.41, 5.74) is 0. The Morgan fingerprint density at radius 1 is 0.667 bits per heavy atom. The first-order chi connectivity index (χ1) is 8.70. The Labute approximate surface area is 116 Å². The summed E-state index contributed by atoms with van der Waals surface area (Å²) in [5.74, 6) is 1.83. The molecule has 0 aromatic rings. The Balaban J connectivity index is 3.37. The van der Waals surface area contributed by atoms with Gasteiger partial charge in [-0.1, -0.05) is 78.4 Å². The largest absolute Gasteiger partial charge is 0.0885 e. The Morgan fingerprint density at radius 3 is 1.39 bits per heavy atom. The van der Waals surface area contributed by atoms with Crippen LogP contribution in [0.3, 0.4) is 0 Å². The van der Waals surface area contributed by atoms with E-state index in [4.69, 9.17) is 0 Å². The van der Waals surface area contributed by atoms with Crippen LogP contribution in [-0.4, -0.2) is 0 Å². The first-order valence-corrected chi connectivity index (χ1v) is 8.35. The molecule has 0 aliphatic heterocycles. The third-order valence-electron chi connectivity index (χ3n) is 3.92. The summed E-state index contributed by atoms with van der Waals surface area (Å²) in [6, 6.07) is 0. The Kier molecular flexibility index (Phi) is 13.0. The first-order valence-electron chi connectivity index (χ1n) is 8.35. The Morgan fingerprint density at radius 2 is 1.06 bits per heavy atom. The van der Waals surface area contributed by atoms with Gasteiger partial charge in [-0.25, -0.2) is 0 Å². The molecule has 0 spiro atoms. The van der Waals surface area contributed by atoms with E-state index in [-0.39, 0.29) is 0 Å². The number of hydrogen-bond acceptors (Lipinski definition) is 0. The zero-order chi connectivity index (χ0) is 13.6. The molecule has 0 radical (unpaired) electrons. The Bertz CT molecular complexity index is 160. The van der Waals surface area contributed by atoms with Crippen LogP contribution < -0.4 is 0 Å². The molecule has 0 bridgehead atoms. The van der Waals surface area contributed by atoms with E-state index in [2.05, 4.69) is 39.8 Å². The molecule has 0 heterocycles. The van der Waals surface area contributed by atoms with Gasteiger partial charge in [0.15, 0.2) is 0 Å². The maximum absolute atomic E-state index is 2.41. The second-order valence-corrected chi connectivity index (χ2v) is 6.12. The van der Waals surface area contributed by atoms with Crippen molar-refractivity contribution in [1.29, 1.82) is 0 Å². The van der Waals surface area contributed by atoms with Gasteiger partial charge in [0, 0.05) is 0 Å². The van der Waals surface area contributed by atoms with E-state index in [9.17, 15) is 0 Å². The molecular weight excluding hydrogens is 216 g/mol. The summed E-state index contributed by atoms with van der Waals surface area (Å²) >= 11 is 0. The monoisotopic (exact) mass is 252 g/mol. The lowest BCUT2D eigenvalue weighted by Crippen LogP contribution is -1.94. The standard InChI is InChI=1S/C18H36/c1-5-7-13-17(3)15-11-9-10-12-16-18(4)14-8-6-2/h9-10,17-18H,5-8,11-16H2,1-4H3/b10-9+. The predicted molar refractivity (Wildman–Crippen MR) is 85.0 cm³/mol. The molecule has 18 heavy (non-hydrogen) atoms. The van der Waals surface area contributed by atoms with Crippen LogP contribution in [0.4, 0.5) is 0 Å². The molecule has 108 valence electrons. The molecule has 0 N–H and O–H groups in total. The van der Waals surface area contributed by atoms with Crippen molar-refractivity contribution in [2.24, 2.45) is 11.8 Å². The summed E-state index contributed by atoms with van der Waals surface area (Å²) in [6.07, 6.45) is 18.5. The highest BCUT2D eigenvalue weighted by Gasteiger charge is 2.00. The van der Waals surface area contributed by atoms with Crippen molar-refractivity contribution in [3.8, 4) is 0 Å². The minimum absolute atomic E-state index is 0.915. The highest BCUT2D eigenvalue weighted by molar-refractivity contribution is 4.82. The smallest absolute Gasteiger partial charge is 0.0348 e. The Hall–Kier alpha value is -0.260. The van der Waals surface area contributed by atoms with Crippen molar-refractivity contribution < 1.29 is 0 Å². The van der Waals surface area contributed by atoms with Crippen LogP contribution in [0.25, 0.3) is 0 Å². The average Bonchev–Trinajstić information content (AvgIpc) is 2.37. The molecule has 0 amide bonds. The summed E-state index contributed by atoms with van der Waals surface area (Å²) in [5, 5.41) is 0. The van der Waals surface area contributed by atoms with Gasteiger partial charge in [0.2, 0.25) is 0 Å². The number of unbranched alkanes of at least 4 members (excludes halogenated alkanes) is 2. The van der Waals surface area contributed by atoms with Crippen LogP contribution in [0, 0.1) is 11.8 Å². The summed E-state index contributed by atoms with van der Waals surface area (Å²) in [7, 11) is 0. The van der Waals surface area contributed by atoms with Gasteiger partial charge >= 0.3 is 0 Å². The topological polar surface area (TPSA) is 0 Å². The molecule has 0 fully saturated rings. The second-order valence-electron chi connectivity index (χ2n) is 6.12. The lowest BCUT2D eigenvalue weighted by molar-refractivity contribution is 0.471. The molecule has 0 saturated heterocycles. The minimum Gasteiger partial charge on any atom is -0.0885 e. The molecule has 0 heteroatoms. The molecule has 2 atom stereocenters. The van der Waals surface area contributed by atoms with Crippen LogP contribution in [-0.2, 0) is 0 Å². The molecule has 0 nitrogen and oxygen atoms in total. The number of hydrogen-bond donors (Lipinski definition) is 0. The number of allylic oxidation sites excluding steroid dienone is 2. The third-order valence-corrected chi connectivity index (χ3v) is 3.92. The van der Waals surface area contributed by atoms with E-state index in [1.807, 2.05) is 0 Å². The quantitative estimate of drug-likeness (QED) is 0.337. The van der Waals surface area contributed by atoms with Gasteiger partial charge in [-0.2, -0.15) is 0 Å². The van der Waals surface area contributed by atoms with Gasteiger partial charge in [-0.05, 0) is 37.5 Å². The van der Waals surface area contributed by atoms with Gasteiger partial charge in [0.1, 0.15) is 0 Å². The lowest BCUT2D eigenvalue weighted by atomic mass is 9.97. The summed E-state index contributed by atoms with van der Waals surface area (Å²) in [4.78, 5) is 0. The molecule has 0 saturated carbocycles. The van der Waals surface area contributed by atoms with Crippen LogP contribution in [0.5, 0.6) is 0 Å². The summed E-state index contributed by atoms with van der Waals surface area (Å²) in [6.45, 7) is 9.37. The number of rotatable bonds is 12. The second kappa shape index (κ2) is 13.2. The molecular formula is C18H36. The maximum atomic E-state index is 2.41. The highest BCUT2D eigenvalue weighted by Crippen LogP contribution is 2.16. The fourth-order valence-corrected chi connectivity index (χ4v) is 2.39. The normalized spacial score (nSPS) is 15.1. The van der Waals surface area contributed by atoms with E-state index in [1.165, 1.54) is 64.2 Å². The van der Waals surface area contributed by atoms with Crippen LogP contribution >= 0.6 is 0 Å². The van der Waals surface area contributed by atoms with E-state index in [0.717, 1.165) is 11.8 Å². The van der Waals surface area contributed by atoms with Crippen molar-refractivity contribution in [2.45, 2.75) is 91.9 Å². The fourth-order valence-electron chi connectivity index (χ4n) is 2.39. The van der Waals surface area contributed by atoms with Crippen LogP contribution in [0.15, 0.2) is 12.2 Å². The van der Waals surface area contributed by atoms with Gasteiger partial charge in [0.05, 0.1) is 0 Å². The van der Waals surface area contributed by atoms with Gasteiger partial charge < -0.3 is 0 Å². The predicted octanol–water partition coefficient (Wildman–Crippen LogP) is 6.76. The average molecular weight is 252 g/mol. The van der Waals surface area contributed by atoms with Gasteiger partial charge in [0.25, 0.3) is 0 Å². The van der Waals surface area contributed by atoms with Crippen molar-refractivity contribution in [1.82, 2.24) is 0 Å². The van der Waals surface area contributed by atoms with Crippen molar-refractivity contribution in [3.63, 3.8) is 0 Å².